The van der Waals surface area contributed by atoms with Crippen LogP contribution in [0.3, 0.4) is 0 Å². The number of carbonyl (C=O) groups is 1. The fourth-order valence-electron chi connectivity index (χ4n) is 1.68. The average molecular weight is 286 g/mol. The highest BCUT2D eigenvalue weighted by molar-refractivity contribution is 5.85. The van der Waals surface area contributed by atoms with Crippen molar-refractivity contribution in [1.82, 2.24) is 10.2 Å². The first-order valence-corrected chi connectivity index (χ1v) is 6.38. The molecule has 3 N–H and O–H groups in total. The van der Waals surface area contributed by atoms with Crippen LogP contribution in [0.25, 0.3) is 0 Å². The van der Waals surface area contributed by atoms with Crippen molar-refractivity contribution >= 4 is 18.3 Å². The highest BCUT2D eigenvalue weighted by Crippen LogP contribution is 2.07. The lowest BCUT2D eigenvalue weighted by Gasteiger charge is -2.14. The summed E-state index contributed by atoms with van der Waals surface area (Å²) in [5.74, 6) is 0.00794. The Kier molecular flexibility index (Phi) is 9.21. The standard InChI is InChI=1S/C14H23N3O.ClH/c1-3-17(2)11-13-6-4-5-12(9-13)10-16-14(18)7-8-15;/h4-6,9H,3,7-8,10-11,15H2,1-2H3,(H,16,18);1H. The molecule has 1 aromatic rings. The van der Waals surface area contributed by atoms with Crippen molar-refractivity contribution in [3.8, 4) is 0 Å². The fourth-order valence-corrected chi connectivity index (χ4v) is 1.68. The number of nitrogens with zero attached hydrogens (tertiary/aromatic N) is 1. The van der Waals surface area contributed by atoms with E-state index in [9.17, 15) is 4.79 Å². The smallest absolute Gasteiger partial charge is 0.221 e. The third kappa shape index (κ3) is 7.15. The van der Waals surface area contributed by atoms with Gasteiger partial charge in [0.15, 0.2) is 0 Å². The molecule has 0 bridgehead atoms. The van der Waals surface area contributed by atoms with Crippen LogP contribution in [-0.2, 0) is 17.9 Å². The summed E-state index contributed by atoms with van der Waals surface area (Å²) in [6.45, 7) is 5.06. The van der Waals surface area contributed by atoms with Crippen LogP contribution in [0.4, 0.5) is 0 Å². The molecular formula is C14H24ClN3O. The molecule has 0 saturated heterocycles. The van der Waals surface area contributed by atoms with E-state index in [1.165, 1.54) is 5.56 Å². The van der Waals surface area contributed by atoms with Gasteiger partial charge < -0.3 is 16.0 Å². The largest absolute Gasteiger partial charge is 0.352 e. The first-order chi connectivity index (χ1) is 8.65. The van der Waals surface area contributed by atoms with E-state index in [0.29, 0.717) is 19.5 Å². The lowest BCUT2D eigenvalue weighted by Crippen LogP contribution is -2.25. The molecule has 0 heterocycles. The van der Waals surface area contributed by atoms with E-state index in [0.717, 1.165) is 18.7 Å². The SMILES string of the molecule is CCN(C)Cc1cccc(CNC(=O)CCN)c1.Cl. The molecule has 4 nitrogen and oxygen atoms in total. The topological polar surface area (TPSA) is 58.4 Å². The summed E-state index contributed by atoms with van der Waals surface area (Å²) in [6, 6.07) is 8.30. The number of amides is 1. The van der Waals surface area contributed by atoms with E-state index >= 15 is 0 Å². The van der Waals surface area contributed by atoms with Crippen LogP contribution < -0.4 is 11.1 Å². The Morgan fingerprint density at radius 2 is 2.05 bits per heavy atom. The zero-order valence-electron chi connectivity index (χ0n) is 11.7. The second-order valence-corrected chi connectivity index (χ2v) is 4.47. The number of nitrogens with one attached hydrogen (secondary N) is 1. The quantitative estimate of drug-likeness (QED) is 0.799. The normalized spacial score (nSPS) is 10.1. The molecule has 0 fully saturated rings. The van der Waals surface area contributed by atoms with E-state index < -0.39 is 0 Å². The molecule has 0 spiro atoms. The first-order valence-electron chi connectivity index (χ1n) is 6.38. The Morgan fingerprint density at radius 3 is 2.68 bits per heavy atom. The molecule has 0 aromatic heterocycles. The number of hydrogen-bond donors (Lipinski definition) is 2. The van der Waals surface area contributed by atoms with Crippen molar-refractivity contribution in [1.29, 1.82) is 0 Å². The monoisotopic (exact) mass is 285 g/mol. The summed E-state index contributed by atoms with van der Waals surface area (Å²) in [4.78, 5) is 13.6. The van der Waals surface area contributed by atoms with Crippen molar-refractivity contribution in [3.63, 3.8) is 0 Å². The molecule has 0 atom stereocenters. The minimum atomic E-state index is 0. The highest BCUT2D eigenvalue weighted by atomic mass is 35.5. The van der Waals surface area contributed by atoms with Gasteiger partial charge in [0, 0.05) is 26.1 Å². The van der Waals surface area contributed by atoms with Gasteiger partial charge in [-0.1, -0.05) is 31.2 Å². The van der Waals surface area contributed by atoms with Gasteiger partial charge in [-0.3, -0.25) is 4.79 Å². The second kappa shape index (κ2) is 9.78. The molecule has 19 heavy (non-hydrogen) atoms. The maximum atomic E-state index is 11.3. The van der Waals surface area contributed by atoms with Crippen LogP contribution in [0.15, 0.2) is 24.3 Å². The van der Waals surface area contributed by atoms with Crippen LogP contribution >= 0.6 is 12.4 Å². The molecule has 0 aliphatic carbocycles. The number of nitrogens with two attached hydrogens (primary N) is 1. The third-order valence-corrected chi connectivity index (χ3v) is 2.84. The maximum Gasteiger partial charge on any atom is 0.221 e. The molecule has 1 amide bonds. The fraction of sp³-hybridized carbons (Fsp3) is 0.500. The third-order valence-electron chi connectivity index (χ3n) is 2.84. The lowest BCUT2D eigenvalue weighted by molar-refractivity contribution is -0.121. The van der Waals surface area contributed by atoms with Crippen molar-refractivity contribution in [2.24, 2.45) is 5.73 Å². The van der Waals surface area contributed by atoms with Gasteiger partial charge in [-0.25, -0.2) is 0 Å². The zero-order valence-corrected chi connectivity index (χ0v) is 12.5. The Morgan fingerprint density at radius 1 is 1.37 bits per heavy atom. The summed E-state index contributed by atoms with van der Waals surface area (Å²) in [6.07, 6.45) is 0.387. The van der Waals surface area contributed by atoms with Gasteiger partial charge in [0.2, 0.25) is 5.91 Å². The van der Waals surface area contributed by atoms with E-state index in [2.05, 4.69) is 36.3 Å². The summed E-state index contributed by atoms with van der Waals surface area (Å²) >= 11 is 0. The summed E-state index contributed by atoms with van der Waals surface area (Å²) in [7, 11) is 2.09. The number of benzene rings is 1. The summed E-state index contributed by atoms with van der Waals surface area (Å²) < 4.78 is 0. The minimum absolute atomic E-state index is 0. The van der Waals surface area contributed by atoms with Gasteiger partial charge in [-0.2, -0.15) is 0 Å². The van der Waals surface area contributed by atoms with Crippen LogP contribution in [0, 0.1) is 0 Å². The molecule has 108 valence electrons. The Bertz CT molecular complexity index is 385. The number of halogens is 1. The molecule has 1 rings (SSSR count). The van der Waals surface area contributed by atoms with E-state index in [-0.39, 0.29) is 18.3 Å². The van der Waals surface area contributed by atoms with Gasteiger partial charge in [0.1, 0.15) is 0 Å². The van der Waals surface area contributed by atoms with Gasteiger partial charge in [-0.05, 0) is 24.7 Å². The molecule has 5 heteroatoms. The number of rotatable bonds is 7. The molecule has 0 radical (unpaired) electrons. The average Bonchev–Trinajstić information content (AvgIpc) is 2.37. The van der Waals surface area contributed by atoms with Crippen molar-refractivity contribution in [2.75, 3.05) is 20.1 Å². The predicted molar refractivity (Wildman–Crippen MR) is 81.2 cm³/mol. The van der Waals surface area contributed by atoms with Crippen molar-refractivity contribution in [3.05, 3.63) is 35.4 Å². The van der Waals surface area contributed by atoms with Crippen molar-refractivity contribution in [2.45, 2.75) is 26.4 Å². The van der Waals surface area contributed by atoms with Crippen LogP contribution in [0.1, 0.15) is 24.5 Å². The highest BCUT2D eigenvalue weighted by Gasteiger charge is 2.02. The van der Waals surface area contributed by atoms with Crippen LogP contribution in [0.2, 0.25) is 0 Å². The summed E-state index contributed by atoms with van der Waals surface area (Å²) in [5.41, 5.74) is 7.72. The van der Waals surface area contributed by atoms with Gasteiger partial charge in [0.25, 0.3) is 0 Å². The predicted octanol–water partition coefficient (Wildman–Crippen LogP) is 1.53. The Labute approximate surface area is 121 Å². The first kappa shape index (κ1) is 17.9. The molecule has 0 aliphatic rings. The number of carbonyl (C=O) groups excluding carboxylic acids is 1. The van der Waals surface area contributed by atoms with Gasteiger partial charge in [-0.15, -0.1) is 12.4 Å². The van der Waals surface area contributed by atoms with Gasteiger partial charge >= 0.3 is 0 Å². The molecule has 0 unspecified atom stereocenters. The number of hydrogen-bond acceptors (Lipinski definition) is 3. The van der Waals surface area contributed by atoms with Crippen molar-refractivity contribution < 1.29 is 4.79 Å². The Balaban J connectivity index is 0.00000324. The summed E-state index contributed by atoms with van der Waals surface area (Å²) in [5, 5.41) is 2.86. The van der Waals surface area contributed by atoms with Crippen LogP contribution in [0.5, 0.6) is 0 Å². The van der Waals surface area contributed by atoms with Crippen LogP contribution in [-0.4, -0.2) is 30.9 Å². The van der Waals surface area contributed by atoms with Gasteiger partial charge in [0.05, 0.1) is 0 Å². The molecule has 0 aliphatic heterocycles. The van der Waals surface area contributed by atoms with E-state index in [1.807, 2.05) is 12.1 Å². The second-order valence-electron chi connectivity index (χ2n) is 4.47. The molecule has 0 saturated carbocycles. The maximum absolute atomic E-state index is 11.3. The van der Waals surface area contributed by atoms with E-state index in [4.69, 9.17) is 5.73 Å². The molecule has 1 aromatic carbocycles. The minimum Gasteiger partial charge on any atom is -0.352 e. The molecular weight excluding hydrogens is 262 g/mol. The zero-order chi connectivity index (χ0) is 13.4. The van der Waals surface area contributed by atoms with E-state index in [1.54, 1.807) is 0 Å². The Hall–Kier alpha value is -1.10. The lowest BCUT2D eigenvalue weighted by atomic mass is 10.1.